The van der Waals surface area contributed by atoms with Crippen molar-refractivity contribution < 1.29 is 9.47 Å². The first kappa shape index (κ1) is 11.1. The van der Waals surface area contributed by atoms with Gasteiger partial charge in [0, 0.05) is 18.3 Å². The van der Waals surface area contributed by atoms with Gasteiger partial charge in [-0.2, -0.15) is 0 Å². The van der Waals surface area contributed by atoms with Crippen LogP contribution in [0.3, 0.4) is 0 Å². The lowest BCUT2D eigenvalue weighted by Crippen LogP contribution is -2.13. The summed E-state index contributed by atoms with van der Waals surface area (Å²) < 4.78 is 10.7. The highest BCUT2D eigenvalue weighted by atomic mass is 16.7. The Morgan fingerprint density at radius 1 is 1.19 bits per heavy atom. The molecular formula is C12H18N2O2. The van der Waals surface area contributed by atoms with Crippen molar-refractivity contribution >= 4 is 5.69 Å². The summed E-state index contributed by atoms with van der Waals surface area (Å²) in [5.74, 6) is 1.68. The fourth-order valence-corrected chi connectivity index (χ4v) is 1.72. The van der Waals surface area contributed by atoms with Crippen LogP contribution in [0, 0.1) is 6.92 Å². The second kappa shape index (κ2) is 5.07. The molecule has 4 nitrogen and oxygen atoms in total. The molecule has 88 valence electrons. The summed E-state index contributed by atoms with van der Waals surface area (Å²) in [6, 6.07) is 4.03. The summed E-state index contributed by atoms with van der Waals surface area (Å²) >= 11 is 0. The van der Waals surface area contributed by atoms with E-state index in [1.165, 1.54) is 5.56 Å². The van der Waals surface area contributed by atoms with Gasteiger partial charge in [0.15, 0.2) is 11.5 Å². The first-order chi connectivity index (χ1) is 7.81. The zero-order chi connectivity index (χ0) is 11.4. The zero-order valence-corrected chi connectivity index (χ0v) is 9.80. The van der Waals surface area contributed by atoms with Crippen LogP contribution in [0.15, 0.2) is 12.1 Å². The lowest BCUT2D eigenvalue weighted by Gasteiger charge is -2.10. The maximum absolute atomic E-state index is 5.35. The molecule has 0 saturated heterocycles. The molecule has 1 aromatic rings. The van der Waals surface area contributed by atoms with Gasteiger partial charge in [0.25, 0.3) is 0 Å². The summed E-state index contributed by atoms with van der Waals surface area (Å²) in [5, 5.41) is 6.53. The maximum Gasteiger partial charge on any atom is 0.231 e. The van der Waals surface area contributed by atoms with Gasteiger partial charge in [0.2, 0.25) is 6.79 Å². The Morgan fingerprint density at radius 2 is 1.94 bits per heavy atom. The molecule has 0 atom stereocenters. The molecule has 0 amide bonds. The fraction of sp³-hybridized carbons (Fsp3) is 0.500. The number of fused-ring (bicyclic) bond motifs is 1. The van der Waals surface area contributed by atoms with E-state index in [4.69, 9.17) is 9.47 Å². The van der Waals surface area contributed by atoms with Gasteiger partial charge >= 0.3 is 0 Å². The fourth-order valence-electron chi connectivity index (χ4n) is 1.72. The van der Waals surface area contributed by atoms with Crippen LogP contribution in [0.5, 0.6) is 11.5 Å². The molecule has 4 heteroatoms. The third-order valence-electron chi connectivity index (χ3n) is 2.64. The number of aryl methyl sites for hydroxylation is 1. The largest absolute Gasteiger partial charge is 0.454 e. The summed E-state index contributed by atoms with van der Waals surface area (Å²) in [4.78, 5) is 0. The second-order valence-electron chi connectivity index (χ2n) is 3.90. The van der Waals surface area contributed by atoms with Crippen molar-refractivity contribution in [1.29, 1.82) is 0 Å². The molecule has 16 heavy (non-hydrogen) atoms. The summed E-state index contributed by atoms with van der Waals surface area (Å²) in [6.45, 7) is 4.39. The number of nitrogens with one attached hydrogen (secondary N) is 2. The van der Waals surface area contributed by atoms with E-state index in [1.54, 1.807) is 0 Å². The van der Waals surface area contributed by atoms with Gasteiger partial charge in [-0.3, -0.25) is 0 Å². The molecule has 0 radical (unpaired) electrons. The van der Waals surface area contributed by atoms with E-state index in [1.807, 2.05) is 19.2 Å². The number of hydrogen-bond acceptors (Lipinski definition) is 4. The molecular weight excluding hydrogens is 204 g/mol. The standard InChI is InChI=1S/C12H18N2O2/c1-9-6-11-12(16-8-15-11)7-10(9)14-5-3-4-13-2/h6-7,13-14H,3-5,8H2,1-2H3. The van der Waals surface area contributed by atoms with E-state index < -0.39 is 0 Å². The predicted octanol–water partition coefficient (Wildman–Crippen LogP) is 1.75. The highest BCUT2D eigenvalue weighted by Crippen LogP contribution is 2.36. The minimum Gasteiger partial charge on any atom is -0.454 e. The number of hydrogen-bond donors (Lipinski definition) is 2. The van der Waals surface area contributed by atoms with Crippen LogP contribution in [-0.4, -0.2) is 26.9 Å². The highest BCUT2D eigenvalue weighted by Gasteiger charge is 2.15. The van der Waals surface area contributed by atoms with Gasteiger partial charge in [-0.1, -0.05) is 0 Å². The molecule has 1 heterocycles. The lowest BCUT2D eigenvalue weighted by molar-refractivity contribution is 0.174. The lowest BCUT2D eigenvalue weighted by atomic mass is 10.1. The van der Waals surface area contributed by atoms with Crippen LogP contribution < -0.4 is 20.1 Å². The Labute approximate surface area is 95.9 Å². The van der Waals surface area contributed by atoms with Crippen molar-refractivity contribution in [3.8, 4) is 11.5 Å². The smallest absolute Gasteiger partial charge is 0.231 e. The molecule has 0 unspecified atom stereocenters. The van der Waals surface area contributed by atoms with Crippen LogP contribution >= 0.6 is 0 Å². The molecule has 1 aromatic carbocycles. The van der Waals surface area contributed by atoms with Gasteiger partial charge in [-0.15, -0.1) is 0 Å². The SMILES string of the molecule is CNCCCNc1cc2c(cc1C)OCO2. The van der Waals surface area contributed by atoms with Crippen LogP contribution in [0.4, 0.5) is 5.69 Å². The van der Waals surface area contributed by atoms with Gasteiger partial charge < -0.3 is 20.1 Å². The van der Waals surface area contributed by atoms with Crippen LogP contribution in [-0.2, 0) is 0 Å². The molecule has 1 aliphatic heterocycles. The van der Waals surface area contributed by atoms with Crippen LogP contribution in [0.1, 0.15) is 12.0 Å². The predicted molar refractivity (Wildman–Crippen MR) is 64.3 cm³/mol. The molecule has 0 aromatic heterocycles. The van der Waals surface area contributed by atoms with E-state index in [2.05, 4.69) is 17.6 Å². The summed E-state index contributed by atoms with van der Waals surface area (Å²) in [7, 11) is 1.96. The molecule has 0 bridgehead atoms. The van der Waals surface area contributed by atoms with Gasteiger partial charge in [-0.05, 0) is 38.6 Å². The molecule has 0 spiro atoms. The number of rotatable bonds is 5. The quantitative estimate of drug-likeness (QED) is 0.745. The zero-order valence-electron chi connectivity index (χ0n) is 9.80. The number of benzene rings is 1. The average Bonchev–Trinajstić information content (AvgIpc) is 2.71. The normalized spacial score (nSPS) is 12.9. The Hall–Kier alpha value is -1.42. The molecule has 2 N–H and O–H groups in total. The van der Waals surface area contributed by atoms with Crippen molar-refractivity contribution in [2.45, 2.75) is 13.3 Å². The van der Waals surface area contributed by atoms with E-state index in [-0.39, 0.29) is 0 Å². The molecule has 0 aliphatic carbocycles. The Bertz CT molecular complexity index is 366. The minimum absolute atomic E-state index is 0.331. The Morgan fingerprint density at radius 3 is 2.69 bits per heavy atom. The monoisotopic (exact) mass is 222 g/mol. The third kappa shape index (κ3) is 2.39. The molecule has 2 rings (SSSR count). The highest BCUT2D eigenvalue weighted by molar-refractivity contribution is 5.60. The van der Waals surface area contributed by atoms with Gasteiger partial charge in [0.05, 0.1) is 0 Å². The third-order valence-corrected chi connectivity index (χ3v) is 2.64. The van der Waals surface area contributed by atoms with E-state index >= 15 is 0 Å². The Balaban J connectivity index is 1.98. The summed E-state index contributed by atoms with van der Waals surface area (Å²) in [5.41, 5.74) is 2.31. The topological polar surface area (TPSA) is 42.5 Å². The van der Waals surface area contributed by atoms with Crippen molar-refractivity contribution in [1.82, 2.24) is 5.32 Å². The average molecular weight is 222 g/mol. The van der Waals surface area contributed by atoms with Gasteiger partial charge in [0.1, 0.15) is 0 Å². The molecule has 1 aliphatic rings. The van der Waals surface area contributed by atoms with E-state index in [0.29, 0.717) is 6.79 Å². The van der Waals surface area contributed by atoms with E-state index in [0.717, 1.165) is 36.7 Å². The first-order valence-corrected chi connectivity index (χ1v) is 5.60. The van der Waals surface area contributed by atoms with Crippen molar-refractivity contribution in [3.63, 3.8) is 0 Å². The minimum atomic E-state index is 0.331. The van der Waals surface area contributed by atoms with E-state index in [9.17, 15) is 0 Å². The van der Waals surface area contributed by atoms with Crippen molar-refractivity contribution in [3.05, 3.63) is 17.7 Å². The first-order valence-electron chi connectivity index (χ1n) is 5.60. The maximum atomic E-state index is 5.35. The van der Waals surface area contributed by atoms with Gasteiger partial charge in [-0.25, -0.2) is 0 Å². The number of ether oxygens (including phenoxy) is 2. The molecule has 0 saturated carbocycles. The molecule has 0 fully saturated rings. The second-order valence-corrected chi connectivity index (χ2v) is 3.90. The van der Waals surface area contributed by atoms with Crippen molar-refractivity contribution in [2.75, 3.05) is 32.2 Å². The Kier molecular flexibility index (Phi) is 3.51. The summed E-state index contributed by atoms with van der Waals surface area (Å²) in [6.07, 6.45) is 1.10. The van der Waals surface area contributed by atoms with Crippen LogP contribution in [0.2, 0.25) is 0 Å². The van der Waals surface area contributed by atoms with Crippen molar-refractivity contribution in [2.24, 2.45) is 0 Å². The van der Waals surface area contributed by atoms with Crippen LogP contribution in [0.25, 0.3) is 0 Å². The number of anilines is 1.